The molecular formula is C22H30N8O19P4. The first-order valence-corrected chi connectivity index (χ1v) is 21.8. The van der Waals surface area contributed by atoms with Gasteiger partial charge in [-0.05, 0) is 0 Å². The Morgan fingerprint density at radius 3 is 1.38 bits per heavy atom. The highest BCUT2D eigenvalue weighted by molar-refractivity contribution is 7.78. The maximum atomic E-state index is 12.6. The molecule has 0 saturated carbocycles. The van der Waals surface area contributed by atoms with Gasteiger partial charge in [-0.3, -0.25) is 37.0 Å². The normalized spacial score (nSPS) is 30.9. The molecule has 53 heavy (non-hydrogen) atoms. The molecule has 0 radical (unpaired) electrons. The van der Waals surface area contributed by atoms with Crippen LogP contribution in [0.2, 0.25) is 0 Å². The van der Waals surface area contributed by atoms with Gasteiger partial charge in [-0.1, -0.05) is 0 Å². The molecule has 10 N–H and O–H groups in total. The lowest BCUT2D eigenvalue weighted by molar-refractivity contribution is -0.0484. The van der Waals surface area contributed by atoms with Crippen molar-refractivity contribution < 1.29 is 81.1 Å². The highest BCUT2D eigenvalue weighted by Crippen LogP contribution is 2.69. The fraction of sp³-hybridized carbons (Fsp3) is 0.545. The summed E-state index contributed by atoms with van der Waals surface area (Å²) >= 11 is 0. The number of H-pyrrole nitrogens is 2. The second kappa shape index (κ2) is 14.6. The van der Waals surface area contributed by atoms with Gasteiger partial charge in [0.2, 0.25) is 0 Å². The first-order valence-electron chi connectivity index (χ1n) is 14.8. The number of aliphatic hydroxyl groups is 4. The number of nitrogens with zero attached hydrogens (tertiary/aromatic N) is 6. The van der Waals surface area contributed by atoms with E-state index in [0.29, 0.717) is 0 Å². The van der Waals surface area contributed by atoms with Gasteiger partial charge in [0.15, 0.2) is 46.6 Å². The smallest absolute Gasteiger partial charge is 0.347 e. The lowest BCUT2D eigenvalue weighted by atomic mass is 10.1. The van der Waals surface area contributed by atoms with Crippen molar-refractivity contribution >= 4 is 52.7 Å². The minimum absolute atomic E-state index is 0.0436. The Kier molecular flexibility index (Phi) is 11.0. The molecule has 2 fully saturated rings. The fourth-order valence-electron chi connectivity index (χ4n) is 5.46. The zero-order valence-corrected chi connectivity index (χ0v) is 29.9. The SMILES string of the molecule is O=c1[nH]cnc2c1ncn2[C@@H]1O[C@H](COP(=O)(O)CP(=O)(O)OP(=O)(O)CP(=O)(O)OC[C@H]2O[C@@H](n3cnc4c(=O)[nH]cnc43)[C@H](O)[C@@H]2O)[C@@H](O)[C@H]1O. The summed E-state index contributed by atoms with van der Waals surface area (Å²) in [6, 6.07) is 0. The average molecular weight is 834 g/mol. The lowest BCUT2D eigenvalue weighted by Gasteiger charge is -2.22. The third-order valence-electron chi connectivity index (χ3n) is 7.80. The molecule has 0 amide bonds. The van der Waals surface area contributed by atoms with Crippen LogP contribution in [0.1, 0.15) is 12.5 Å². The van der Waals surface area contributed by atoms with Gasteiger partial charge < -0.3 is 68.5 Å². The number of ether oxygens (including phenoxy) is 2. The van der Waals surface area contributed by atoms with Gasteiger partial charge in [-0.25, -0.2) is 24.2 Å². The number of aromatic amines is 2. The second-order valence-corrected chi connectivity index (χ2v) is 20.2. The maximum absolute atomic E-state index is 12.6. The molecule has 27 nitrogen and oxygen atoms in total. The van der Waals surface area contributed by atoms with Crippen LogP contribution >= 0.6 is 30.4 Å². The maximum Gasteiger partial charge on any atom is 0.347 e. The second-order valence-electron chi connectivity index (χ2n) is 11.7. The predicted molar refractivity (Wildman–Crippen MR) is 170 cm³/mol. The van der Waals surface area contributed by atoms with Crippen LogP contribution < -0.4 is 11.1 Å². The Hall–Kier alpha value is -2.90. The minimum atomic E-state index is -5.59. The van der Waals surface area contributed by atoms with Crippen molar-refractivity contribution in [3.8, 4) is 0 Å². The van der Waals surface area contributed by atoms with Gasteiger partial charge in [-0.15, -0.1) is 0 Å². The summed E-state index contributed by atoms with van der Waals surface area (Å²) in [5, 5.41) is 41.8. The van der Waals surface area contributed by atoms with Crippen molar-refractivity contribution in [2.24, 2.45) is 0 Å². The van der Waals surface area contributed by atoms with E-state index in [9.17, 15) is 67.8 Å². The van der Waals surface area contributed by atoms with Crippen molar-refractivity contribution in [1.29, 1.82) is 0 Å². The molecule has 2 aliphatic rings. The highest BCUT2D eigenvalue weighted by Gasteiger charge is 2.49. The molecule has 292 valence electrons. The first-order chi connectivity index (χ1) is 24.7. The van der Waals surface area contributed by atoms with Crippen LogP contribution in [-0.4, -0.2) is 141 Å². The van der Waals surface area contributed by atoms with Gasteiger partial charge in [0.05, 0.1) is 38.5 Å². The number of hydrogen-bond donors (Lipinski definition) is 10. The largest absolute Gasteiger partial charge is 0.387 e. The van der Waals surface area contributed by atoms with Gasteiger partial charge in [0, 0.05) is 0 Å². The molecule has 2 saturated heterocycles. The number of fused-ring (bicyclic) bond motifs is 2. The third kappa shape index (κ3) is 8.52. The van der Waals surface area contributed by atoms with Crippen molar-refractivity contribution in [2.75, 3.05) is 25.0 Å². The van der Waals surface area contributed by atoms with Crippen molar-refractivity contribution in [1.82, 2.24) is 39.0 Å². The molecule has 0 aliphatic carbocycles. The molecule has 4 unspecified atom stereocenters. The molecule has 4 aromatic rings. The van der Waals surface area contributed by atoms with Gasteiger partial charge >= 0.3 is 30.4 Å². The first kappa shape index (κ1) is 39.8. The summed E-state index contributed by atoms with van der Waals surface area (Å²) in [7, 11) is -21.7. The van der Waals surface area contributed by atoms with Crippen LogP contribution in [-0.2, 0) is 41.1 Å². The Labute approximate surface area is 292 Å². The van der Waals surface area contributed by atoms with Crippen LogP contribution in [0.5, 0.6) is 0 Å². The molecule has 0 bridgehead atoms. The van der Waals surface area contributed by atoms with Crippen molar-refractivity contribution in [2.45, 2.75) is 49.1 Å². The Morgan fingerprint density at radius 1 is 0.623 bits per heavy atom. The van der Waals surface area contributed by atoms with Gasteiger partial charge in [0.25, 0.3) is 11.1 Å². The van der Waals surface area contributed by atoms with E-state index in [4.69, 9.17) is 18.5 Å². The lowest BCUT2D eigenvalue weighted by Crippen LogP contribution is -2.33. The summed E-state index contributed by atoms with van der Waals surface area (Å²) in [5.74, 6) is -3.67. The standard InChI is InChI=1S/C22H30N8O19P4/c31-13-9(47-21(15(13)33)29-5-27-11-17(29)23-3-25-19(11)35)1-45-50(37,38)7-52(41,42)49-53(43,44)8-51(39,40)46-2-10-14(32)16(34)22(48-10)30-6-28-12-18(30)24-4-26-20(12)36/h3-6,9-10,13-16,21-22,31-34H,1-2,7-8H2,(H,37,38)(H,39,40)(H,41,42)(H,43,44)(H,23,25,35)(H,24,26,36)/t9-,10-,13-,14-,15-,16-,21-,22-/m1/s1. The highest BCUT2D eigenvalue weighted by atomic mass is 31.3. The number of nitrogens with one attached hydrogen (secondary N) is 2. The Morgan fingerprint density at radius 2 is 1.00 bits per heavy atom. The molecule has 0 aromatic carbocycles. The Balaban J connectivity index is 1.01. The van der Waals surface area contributed by atoms with E-state index in [1.807, 2.05) is 0 Å². The van der Waals surface area contributed by atoms with E-state index in [0.717, 1.165) is 34.4 Å². The van der Waals surface area contributed by atoms with E-state index in [1.54, 1.807) is 0 Å². The number of hydrogen-bond acceptors (Lipinski definition) is 19. The molecule has 12 atom stereocenters. The molecule has 0 spiro atoms. The van der Waals surface area contributed by atoms with E-state index in [1.165, 1.54) is 0 Å². The monoisotopic (exact) mass is 834 g/mol. The molecule has 31 heteroatoms. The predicted octanol–water partition coefficient (Wildman–Crippen LogP) is -2.80. The van der Waals surface area contributed by atoms with Gasteiger partial charge in [0.1, 0.15) is 36.6 Å². The summed E-state index contributed by atoms with van der Waals surface area (Å²) in [6.45, 7) is -1.98. The molecular weight excluding hydrogens is 804 g/mol. The van der Waals surface area contributed by atoms with Crippen molar-refractivity contribution in [3.63, 3.8) is 0 Å². The Bertz CT molecular complexity index is 2160. The van der Waals surface area contributed by atoms with E-state index >= 15 is 0 Å². The number of rotatable bonds is 14. The topological polar surface area (TPSA) is 403 Å². The van der Waals surface area contributed by atoms with Crippen molar-refractivity contribution in [3.05, 3.63) is 46.0 Å². The quantitative estimate of drug-likeness (QED) is 0.0573. The number of aromatic nitrogens is 8. The average Bonchev–Trinajstić information content (AvgIpc) is 3.80. The summed E-state index contributed by atoms with van der Waals surface area (Å²) in [5.41, 5.74) is -1.58. The molecule has 6 heterocycles. The zero-order chi connectivity index (χ0) is 38.7. The van der Waals surface area contributed by atoms with E-state index in [-0.39, 0.29) is 22.3 Å². The van der Waals surface area contributed by atoms with Crippen LogP contribution in [0.4, 0.5) is 0 Å². The number of imidazole rings is 2. The van der Waals surface area contributed by atoms with E-state index < -0.39 is 116 Å². The van der Waals surface area contributed by atoms with Crippen LogP contribution in [0, 0.1) is 0 Å². The fourth-order valence-corrected chi connectivity index (χ4v) is 13.4. The summed E-state index contributed by atoms with van der Waals surface area (Å²) in [4.78, 5) is 84.7. The van der Waals surface area contributed by atoms with Crippen LogP contribution in [0.3, 0.4) is 0 Å². The number of aliphatic hydroxyl groups excluding tert-OH is 4. The van der Waals surface area contributed by atoms with Crippen LogP contribution in [0.25, 0.3) is 22.3 Å². The van der Waals surface area contributed by atoms with Crippen LogP contribution in [0.15, 0.2) is 34.9 Å². The zero-order valence-electron chi connectivity index (χ0n) is 26.3. The molecule has 2 aliphatic heterocycles. The summed E-state index contributed by atoms with van der Waals surface area (Å²) in [6.07, 6.45) is -8.65. The minimum Gasteiger partial charge on any atom is -0.387 e. The third-order valence-corrected chi connectivity index (χ3v) is 16.7. The molecule has 6 rings (SSSR count). The van der Waals surface area contributed by atoms with Gasteiger partial charge in [-0.2, -0.15) is 0 Å². The van der Waals surface area contributed by atoms with E-state index in [2.05, 4.69) is 34.2 Å². The summed E-state index contributed by atoms with van der Waals surface area (Å²) < 4.78 is 77.4. The molecule has 4 aromatic heterocycles.